The number of nitrogens with one attached hydrogen (secondary N) is 1. The Bertz CT molecular complexity index is 1620. The molecule has 1 amide bonds. The van der Waals surface area contributed by atoms with E-state index in [-0.39, 0.29) is 18.1 Å². The molecule has 2 bridgehead atoms. The van der Waals surface area contributed by atoms with Crippen molar-refractivity contribution in [3.8, 4) is 11.1 Å². The average molecular weight is 626 g/mol. The maximum atomic E-state index is 11.3. The highest BCUT2D eigenvalue weighted by Gasteiger charge is 2.42. The third-order valence-corrected chi connectivity index (χ3v) is 10.7. The standard InChI is InChI=1S/C30H40ClN7O4Si/c1-41-10-9-37-17-24-25(35-37)8-7-22(27(24)31)23-16-36(18-42-11-12-43(2,3)4)29-28(23)32-15-26(34-29)38-20-5-6-21(38)14-19(13-20)33-30(39)40/h7-8,15-17,19-21,33H,5-6,9-14,18H2,1-4H3,(H,39,40). The maximum Gasteiger partial charge on any atom is 0.404 e. The molecule has 0 aliphatic carbocycles. The summed E-state index contributed by atoms with van der Waals surface area (Å²) in [7, 11) is 0.439. The minimum absolute atomic E-state index is 0.0333. The van der Waals surface area contributed by atoms with Crippen molar-refractivity contribution >= 4 is 53.7 Å². The number of benzene rings is 1. The van der Waals surface area contributed by atoms with Crippen molar-refractivity contribution in [3.63, 3.8) is 0 Å². The topological polar surface area (TPSA) is 120 Å². The summed E-state index contributed by atoms with van der Waals surface area (Å²) >= 11 is 7.03. The molecule has 2 aliphatic rings. The summed E-state index contributed by atoms with van der Waals surface area (Å²) in [5.74, 6) is 0.822. The molecule has 0 saturated carbocycles. The van der Waals surface area contributed by atoms with Gasteiger partial charge >= 0.3 is 6.09 Å². The Balaban J connectivity index is 1.36. The number of carboxylic acid groups (broad SMARTS) is 1. The molecule has 0 radical (unpaired) electrons. The van der Waals surface area contributed by atoms with Crippen LogP contribution in [0.3, 0.4) is 0 Å². The minimum atomic E-state index is -1.24. The first-order valence-corrected chi connectivity index (χ1v) is 19.1. The van der Waals surface area contributed by atoms with E-state index < -0.39 is 14.2 Å². The molecule has 2 fully saturated rings. The number of hydrogen-bond donors (Lipinski definition) is 2. The summed E-state index contributed by atoms with van der Waals surface area (Å²) in [6, 6.07) is 5.49. The van der Waals surface area contributed by atoms with Crippen molar-refractivity contribution in [2.24, 2.45) is 0 Å². The number of methoxy groups -OCH3 is 1. The van der Waals surface area contributed by atoms with Gasteiger partial charge in [-0.1, -0.05) is 37.3 Å². The Kier molecular flexibility index (Phi) is 8.38. The number of carbonyl (C=O) groups is 1. The predicted octanol–water partition coefficient (Wildman–Crippen LogP) is 5.83. The summed E-state index contributed by atoms with van der Waals surface area (Å²) in [6.45, 7) is 9.30. The smallest absolute Gasteiger partial charge is 0.404 e. The van der Waals surface area contributed by atoms with Crippen molar-refractivity contribution in [1.82, 2.24) is 29.6 Å². The SMILES string of the molecule is COCCn1cc2c(Cl)c(-c3cn(COCC[Si](C)(C)C)c4nc(N5C6CCC5CC(NC(=O)O)C6)cnc34)ccc2n1. The fraction of sp³-hybridized carbons (Fsp3) is 0.533. The number of ether oxygens (including phenoxy) is 2. The molecular weight excluding hydrogens is 586 g/mol. The van der Waals surface area contributed by atoms with E-state index in [1.807, 2.05) is 40.0 Å². The molecule has 3 aromatic heterocycles. The van der Waals surface area contributed by atoms with Crippen LogP contribution in [0.1, 0.15) is 25.7 Å². The summed E-state index contributed by atoms with van der Waals surface area (Å²) in [5.41, 5.74) is 4.10. The van der Waals surface area contributed by atoms with E-state index in [1.54, 1.807) is 7.11 Å². The highest BCUT2D eigenvalue weighted by atomic mass is 35.5. The van der Waals surface area contributed by atoms with Crippen LogP contribution in [0.5, 0.6) is 0 Å². The van der Waals surface area contributed by atoms with Gasteiger partial charge in [0.15, 0.2) is 5.65 Å². The zero-order valence-corrected chi connectivity index (χ0v) is 27.0. The van der Waals surface area contributed by atoms with Crippen LogP contribution in [-0.2, 0) is 22.7 Å². The lowest BCUT2D eigenvalue weighted by Crippen LogP contribution is -2.50. The highest BCUT2D eigenvalue weighted by molar-refractivity contribution is 6.76. The minimum Gasteiger partial charge on any atom is -0.465 e. The summed E-state index contributed by atoms with van der Waals surface area (Å²) in [5, 5.41) is 18.1. The first kappa shape index (κ1) is 29.9. The number of piperidine rings is 1. The molecule has 5 heterocycles. The second-order valence-electron chi connectivity index (χ2n) is 12.9. The number of nitrogens with zero attached hydrogens (tertiary/aromatic N) is 6. The Morgan fingerprint density at radius 3 is 2.60 bits per heavy atom. The third-order valence-electron chi connectivity index (χ3n) is 8.59. The van der Waals surface area contributed by atoms with Crippen LogP contribution in [0, 0.1) is 0 Å². The third kappa shape index (κ3) is 6.24. The molecular formula is C30H40ClN7O4Si. The van der Waals surface area contributed by atoms with E-state index in [1.165, 1.54) is 0 Å². The van der Waals surface area contributed by atoms with Crippen LogP contribution in [-0.4, -0.2) is 82.0 Å². The summed E-state index contributed by atoms with van der Waals surface area (Å²) in [4.78, 5) is 23.8. The van der Waals surface area contributed by atoms with Gasteiger partial charge in [0.05, 0.1) is 29.9 Å². The first-order chi connectivity index (χ1) is 20.6. The average Bonchev–Trinajstić information content (AvgIpc) is 3.61. The number of halogens is 1. The van der Waals surface area contributed by atoms with Gasteiger partial charge < -0.3 is 29.4 Å². The molecule has 4 aromatic rings. The number of anilines is 1. The zero-order valence-electron chi connectivity index (χ0n) is 25.2. The maximum absolute atomic E-state index is 11.3. The van der Waals surface area contributed by atoms with Crippen LogP contribution < -0.4 is 10.2 Å². The van der Waals surface area contributed by atoms with E-state index >= 15 is 0 Å². The van der Waals surface area contributed by atoms with Gasteiger partial charge in [0.1, 0.15) is 18.1 Å². The zero-order chi connectivity index (χ0) is 30.3. The molecule has 0 spiro atoms. The van der Waals surface area contributed by atoms with E-state index in [4.69, 9.17) is 31.0 Å². The summed E-state index contributed by atoms with van der Waals surface area (Å²) in [6.07, 6.45) is 8.46. The van der Waals surface area contributed by atoms with E-state index in [0.29, 0.717) is 31.5 Å². The fourth-order valence-corrected chi connectivity index (χ4v) is 7.53. The van der Waals surface area contributed by atoms with Crippen molar-refractivity contribution in [2.75, 3.05) is 25.2 Å². The second-order valence-corrected chi connectivity index (χ2v) is 18.9. The molecule has 2 aliphatic heterocycles. The quantitative estimate of drug-likeness (QED) is 0.158. The Hall–Kier alpha value is -3.19. The van der Waals surface area contributed by atoms with Gasteiger partial charge in [-0.3, -0.25) is 4.68 Å². The summed E-state index contributed by atoms with van der Waals surface area (Å²) < 4.78 is 15.3. The van der Waals surface area contributed by atoms with Gasteiger partial charge in [-0.15, -0.1) is 0 Å². The lowest BCUT2D eigenvalue weighted by molar-refractivity contribution is 0.0899. The molecule has 1 aromatic carbocycles. The molecule has 2 atom stereocenters. The van der Waals surface area contributed by atoms with Crippen molar-refractivity contribution in [3.05, 3.63) is 35.7 Å². The van der Waals surface area contributed by atoms with Crippen LogP contribution in [0.25, 0.3) is 33.2 Å². The second kappa shape index (κ2) is 12.1. The highest BCUT2D eigenvalue weighted by Crippen LogP contribution is 2.41. The van der Waals surface area contributed by atoms with Gasteiger partial charge in [-0.05, 0) is 37.8 Å². The largest absolute Gasteiger partial charge is 0.465 e. The number of hydrogen-bond acceptors (Lipinski definition) is 7. The lowest BCUT2D eigenvalue weighted by atomic mass is 9.97. The van der Waals surface area contributed by atoms with Crippen LogP contribution in [0.4, 0.5) is 10.6 Å². The van der Waals surface area contributed by atoms with Gasteiger partial charge in [-0.25, -0.2) is 14.8 Å². The Labute approximate surface area is 257 Å². The molecule has 2 unspecified atom stereocenters. The number of amides is 1. The predicted molar refractivity (Wildman–Crippen MR) is 171 cm³/mol. The fourth-order valence-electron chi connectivity index (χ4n) is 6.46. The van der Waals surface area contributed by atoms with Gasteiger partial charge in [-0.2, -0.15) is 5.10 Å². The molecule has 2 saturated heterocycles. The molecule has 13 heteroatoms. The van der Waals surface area contributed by atoms with Crippen LogP contribution in [0.15, 0.2) is 30.7 Å². The molecule has 6 rings (SSSR count). The van der Waals surface area contributed by atoms with Crippen LogP contribution in [0.2, 0.25) is 30.7 Å². The molecule has 43 heavy (non-hydrogen) atoms. The molecule has 11 nitrogen and oxygen atoms in total. The van der Waals surface area contributed by atoms with Crippen molar-refractivity contribution in [2.45, 2.75) is 82.8 Å². The van der Waals surface area contributed by atoms with Gasteiger partial charge in [0.25, 0.3) is 0 Å². The lowest BCUT2D eigenvalue weighted by Gasteiger charge is -2.39. The molecule has 2 N–H and O–H groups in total. The first-order valence-electron chi connectivity index (χ1n) is 15.0. The van der Waals surface area contributed by atoms with Crippen LogP contribution >= 0.6 is 11.6 Å². The number of fused-ring (bicyclic) bond motifs is 4. The monoisotopic (exact) mass is 625 g/mol. The van der Waals surface area contributed by atoms with Crippen molar-refractivity contribution < 1.29 is 19.4 Å². The number of rotatable bonds is 11. The molecule has 230 valence electrons. The normalized spacial score (nSPS) is 20.4. The van der Waals surface area contributed by atoms with Crippen molar-refractivity contribution in [1.29, 1.82) is 0 Å². The number of aromatic nitrogens is 5. The Morgan fingerprint density at radius 2 is 1.91 bits per heavy atom. The Morgan fingerprint density at radius 1 is 1.14 bits per heavy atom. The van der Waals surface area contributed by atoms with E-state index in [2.05, 4.69) is 35.0 Å². The van der Waals surface area contributed by atoms with Gasteiger partial charge in [0.2, 0.25) is 0 Å². The van der Waals surface area contributed by atoms with E-state index in [0.717, 1.165) is 70.7 Å². The van der Waals surface area contributed by atoms with Gasteiger partial charge in [0, 0.05) is 68.8 Å². The van der Waals surface area contributed by atoms with E-state index in [9.17, 15) is 9.90 Å².